The number of thioether (sulfide) groups is 1. The van der Waals surface area contributed by atoms with E-state index in [0.717, 1.165) is 10.5 Å². The highest BCUT2D eigenvalue weighted by molar-refractivity contribution is 7.98. The maximum atomic E-state index is 12.3. The van der Waals surface area contributed by atoms with E-state index in [9.17, 15) is 13.2 Å². The van der Waals surface area contributed by atoms with Gasteiger partial charge in [0.05, 0.1) is 17.7 Å². The van der Waals surface area contributed by atoms with E-state index in [0.29, 0.717) is 11.4 Å². The normalized spacial score (nSPS) is 11.6. The van der Waals surface area contributed by atoms with Crippen LogP contribution in [-0.2, 0) is 21.4 Å². The number of carbonyl (C=O) groups excluding carboxylic acids is 1. The molecule has 0 spiro atoms. The van der Waals surface area contributed by atoms with Crippen molar-refractivity contribution >= 4 is 39.5 Å². The first kappa shape index (κ1) is 20.9. The third-order valence-corrected chi connectivity index (χ3v) is 6.15. The Balaban J connectivity index is 1.57. The number of carbonyl (C=O) groups is 1. The van der Waals surface area contributed by atoms with Gasteiger partial charge in [-0.25, -0.2) is 13.1 Å². The molecule has 0 aliphatic carbocycles. The topological polar surface area (TPSA) is 88.4 Å². The number of hydrogen-bond donors (Lipinski definition) is 2. The summed E-state index contributed by atoms with van der Waals surface area (Å²) in [5.41, 5.74) is 1.42. The van der Waals surface area contributed by atoms with Crippen LogP contribution in [0, 0.1) is 0 Å². The minimum absolute atomic E-state index is 0.0660. The molecule has 0 aliphatic heterocycles. The Kier molecular flexibility index (Phi) is 6.92. The van der Waals surface area contributed by atoms with E-state index in [1.165, 1.54) is 24.5 Å². The molecule has 6 nitrogen and oxygen atoms in total. The van der Waals surface area contributed by atoms with Gasteiger partial charge in [0.15, 0.2) is 0 Å². The lowest BCUT2D eigenvalue weighted by molar-refractivity contribution is -0.111. The molecule has 0 radical (unpaired) electrons. The number of furan rings is 1. The van der Waals surface area contributed by atoms with Crippen LogP contribution >= 0.6 is 11.8 Å². The summed E-state index contributed by atoms with van der Waals surface area (Å²) >= 11 is 1.65. The number of amides is 1. The second-order valence-corrected chi connectivity index (χ2v) is 8.67. The van der Waals surface area contributed by atoms with E-state index in [1.807, 2.05) is 30.5 Å². The zero-order chi connectivity index (χ0) is 20.7. The number of sulfonamides is 1. The zero-order valence-electron chi connectivity index (χ0n) is 15.7. The molecule has 0 saturated heterocycles. The molecule has 1 aromatic heterocycles. The summed E-state index contributed by atoms with van der Waals surface area (Å²) in [5.74, 6) is 0.220. The van der Waals surface area contributed by atoms with Gasteiger partial charge in [-0.3, -0.25) is 4.79 Å². The Bertz CT molecular complexity index is 1070. The molecule has 0 aliphatic rings. The molecule has 3 aromatic rings. The van der Waals surface area contributed by atoms with E-state index in [2.05, 4.69) is 10.0 Å². The minimum Gasteiger partial charge on any atom is -0.468 e. The van der Waals surface area contributed by atoms with Gasteiger partial charge in [-0.2, -0.15) is 0 Å². The Hall–Kier alpha value is -2.81. The molecule has 0 fully saturated rings. The SMILES string of the molecule is CSc1ccc(/C=C/C(=O)Nc2ccc(S(=O)(=O)NCc3ccco3)cc2)cc1. The average molecular weight is 429 g/mol. The lowest BCUT2D eigenvalue weighted by Crippen LogP contribution is -2.23. The first-order chi connectivity index (χ1) is 14.0. The Morgan fingerprint density at radius 1 is 1.07 bits per heavy atom. The summed E-state index contributed by atoms with van der Waals surface area (Å²) in [6.07, 6.45) is 6.64. The molecule has 1 amide bonds. The molecule has 2 N–H and O–H groups in total. The van der Waals surface area contributed by atoms with Crippen molar-refractivity contribution in [3.63, 3.8) is 0 Å². The number of rotatable bonds is 8. The second-order valence-electron chi connectivity index (χ2n) is 6.02. The number of nitrogens with one attached hydrogen (secondary N) is 2. The van der Waals surface area contributed by atoms with Crippen LogP contribution in [0.1, 0.15) is 11.3 Å². The lowest BCUT2D eigenvalue weighted by atomic mass is 10.2. The monoisotopic (exact) mass is 428 g/mol. The highest BCUT2D eigenvalue weighted by Crippen LogP contribution is 2.16. The van der Waals surface area contributed by atoms with Crippen LogP contribution in [-0.4, -0.2) is 20.6 Å². The third-order valence-electron chi connectivity index (χ3n) is 3.99. The van der Waals surface area contributed by atoms with Crippen molar-refractivity contribution in [2.45, 2.75) is 16.3 Å². The van der Waals surface area contributed by atoms with E-state index >= 15 is 0 Å². The summed E-state index contributed by atoms with van der Waals surface area (Å²) in [6, 6.07) is 17.2. The van der Waals surface area contributed by atoms with Crippen molar-refractivity contribution in [2.24, 2.45) is 0 Å². The predicted molar refractivity (Wildman–Crippen MR) is 115 cm³/mol. The van der Waals surface area contributed by atoms with Gasteiger partial charge in [0.25, 0.3) is 0 Å². The van der Waals surface area contributed by atoms with Gasteiger partial charge in [0.1, 0.15) is 5.76 Å². The van der Waals surface area contributed by atoms with Gasteiger partial charge >= 0.3 is 0 Å². The smallest absolute Gasteiger partial charge is 0.248 e. The minimum atomic E-state index is -3.67. The molecular weight excluding hydrogens is 408 g/mol. The summed E-state index contributed by atoms with van der Waals surface area (Å²) in [4.78, 5) is 13.3. The predicted octanol–water partition coefficient (Wildman–Crippen LogP) is 4.13. The molecular formula is C21H20N2O4S2. The molecule has 2 aromatic carbocycles. The summed E-state index contributed by atoms with van der Waals surface area (Å²) < 4.78 is 32.2. The number of benzene rings is 2. The Morgan fingerprint density at radius 2 is 1.79 bits per heavy atom. The van der Waals surface area contributed by atoms with E-state index in [-0.39, 0.29) is 17.3 Å². The van der Waals surface area contributed by atoms with Gasteiger partial charge in [-0.15, -0.1) is 11.8 Å². The van der Waals surface area contributed by atoms with Gasteiger partial charge in [-0.05, 0) is 66.4 Å². The molecule has 29 heavy (non-hydrogen) atoms. The average Bonchev–Trinajstić information content (AvgIpc) is 3.25. The van der Waals surface area contributed by atoms with E-state index in [4.69, 9.17) is 4.42 Å². The maximum Gasteiger partial charge on any atom is 0.248 e. The molecule has 1 heterocycles. The first-order valence-electron chi connectivity index (χ1n) is 8.71. The fourth-order valence-corrected chi connectivity index (χ4v) is 3.85. The number of anilines is 1. The first-order valence-corrected chi connectivity index (χ1v) is 11.4. The van der Waals surface area contributed by atoms with Crippen molar-refractivity contribution in [3.8, 4) is 0 Å². The van der Waals surface area contributed by atoms with Crippen LogP contribution in [0.5, 0.6) is 0 Å². The van der Waals surface area contributed by atoms with Crippen LogP contribution < -0.4 is 10.0 Å². The molecule has 0 unspecified atom stereocenters. The van der Waals surface area contributed by atoms with Gasteiger partial charge in [-0.1, -0.05) is 12.1 Å². The maximum absolute atomic E-state index is 12.3. The highest BCUT2D eigenvalue weighted by Gasteiger charge is 2.14. The summed E-state index contributed by atoms with van der Waals surface area (Å²) in [5, 5.41) is 2.71. The van der Waals surface area contributed by atoms with Crippen LogP contribution in [0.15, 0.2) is 87.2 Å². The van der Waals surface area contributed by atoms with Crippen molar-refractivity contribution in [1.82, 2.24) is 4.72 Å². The third kappa shape index (κ3) is 6.08. The molecule has 0 bridgehead atoms. The van der Waals surface area contributed by atoms with Gasteiger partial charge in [0, 0.05) is 16.7 Å². The highest BCUT2D eigenvalue weighted by atomic mass is 32.2. The molecule has 8 heteroatoms. The van der Waals surface area contributed by atoms with Crippen molar-refractivity contribution in [2.75, 3.05) is 11.6 Å². The van der Waals surface area contributed by atoms with Gasteiger partial charge < -0.3 is 9.73 Å². The quantitative estimate of drug-likeness (QED) is 0.416. The molecule has 0 atom stereocenters. The fourth-order valence-electron chi connectivity index (χ4n) is 2.45. The number of hydrogen-bond acceptors (Lipinski definition) is 5. The van der Waals surface area contributed by atoms with Crippen LogP contribution in [0.25, 0.3) is 6.08 Å². The zero-order valence-corrected chi connectivity index (χ0v) is 17.3. The van der Waals surface area contributed by atoms with Crippen molar-refractivity contribution in [1.29, 1.82) is 0 Å². The van der Waals surface area contributed by atoms with Gasteiger partial charge in [0.2, 0.25) is 15.9 Å². The lowest BCUT2D eigenvalue weighted by Gasteiger charge is -2.07. The van der Waals surface area contributed by atoms with E-state index in [1.54, 1.807) is 42.1 Å². The second kappa shape index (κ2) is 9.60. The summed E-state index contributed by atoms with van der Waals surface area (Å²) in [7, 11) is -3.67. The van der Waals surface area contributed by atoms with Crippen molar-refractivity contribution in [3.05, 3.63) is 84.3 Å². The van der Waals surface area contributed by atoms with Crippen molar-refractivity contribution < 1.29 is 17.6 Å². The summed E-state index contributed by atoms with van der Waals surface area (Å²) in [6.45, 7) is 0.0660. The standard InChI is InChI=1S/C21H20N2O4S2/c1-28-19-9-4-16(5-10-19)6-13-21(24)23-17-7-11-20(12-8-17)29(25,26)22-15-18-3-2-14-27-18/h2-14,22H,15H2,1H3,(H,23,24)/b13-6+. The molecule has 3 rings (SSSR count). The molecule has 150 valence electrons. The molecule has 0 saturated carbocycles. The van der Waals surface area contributed by atoms with E-state index < -0.39 is 10.0 Å². The Labute approximate surface area is 174 Å². The van der Waals surface area contributed by atoms with Crippen LogP contribution in [0.4, 0.5) is 5.69 Å². The van der Waals surface area contributed by atoms with Crippen LogP contribution in [0.3, 0.4) is 0 Å². The largest absolute Gasteiger partial charge is 0.468 e. The van der Waals surface area contributed by atoms with Crippen LogP contribution in [0.2, 0.25) is 0 Å². The Morgan fingerprint density at radius 3 is 2.41 bits per heavy atom. The fraction of sp³-hybridized carbons (Fsp3) is 0.0952.